The molecule has 1 aliphatic carbocycles. The molecule has 0 saturated heterocycles. The molecule has 1 fully saturated rings. The first-order chi connectivity index (χ1) is 7.31. The van der Waals surface area contributed by atoms with Crippen molar-refractivity contribution in [3.63, 3.8) is 0 Å². The lowest BCUT2D eigenvalue weighted by molar-refractivity contribution is 0.738. The van der Waals surface area contributed by atoms with E-state index in [1.54, 1.807) is 0 Å². The van der Waals surface area contributed by atoms with Crippen molar-refractivity contribution < 1.29 is 0 Å². The third-order valence-electron chi connectivity index (χ3n) is 3.11. The van der Waals surface area contributed by atoms with Crippen molar-refractivity contribution in [3.05, 3.63) is 20.8 Å². The second kappa shape index (κ2) is 5.33. The Labute approximate surface area is 101 Å². The molecule has 0 amide bonds. The molecule has 0 spiro atoms. The van der Waals surface area contributed by atoms with Gasteiger partial charge in [0.25, 0.3) is 0 Å². The van der Waals surface area contributed by atoms with E-state index >= 15 is 0 Å². The quantitative estimate of drug-likeness (QED) is 0.848. The summed E-state index contributed by atoms with van der Waals surface area (Å²) >= 11 is 8.22. The average molecular weight is 244 g/mol. The molecular formula is C12H18ClNS. The minimum atomic E-state index is 0.755. The second-order valence-corrected chi connectivity index (χ2v) is 5.84. The van der Waals surface area contributed by atoms with Gasteiger partial charge in [0.2, 0.25) is 0 Å². The molecule has 3 heteroatoms. The summed E-state index contributed by atoms with van der Waals surface area (Å²) in [7, 11) is 1.99. The number of likely N-dealkylation sites (N-methyl/N-ethyl adjacent to an activating group) is 1. The Kier molecular flexibility index (Phi) is 4.06. The molecule has 84 valence electrons. The van der Waals surface area contributed by atoms with Crippen molar-refractivity contribution in [1.29, 1.82) is 0 Å². The van der Waals surface area contributed by atoms with Crippen LogP contribution >= 0.6 is 22.9 Å². The van der Waals surface area contributed by atoms with Crippen molar-refractivity contribution in [2.45, 2.75) is 38.0 Å². The molecule has 2 rings (SSSR count). The van der Waals surface area contributed by atoms with E-state index in [2.05, 4.69) is 11.4 Å². The van der Waals surface area contributed by atoms with E-state index in [1.807, 2.05) is 18.4 Å². The smallest absolute Gasteiger partial charge is 0.0550 e. The lowest BCUT2D eigenvalue weighted by atomic mass is 10.1. The van der Waals surface area contributed by atoms with Crippen LogP contribution in [-0.4, -0.2) is 13.6 Å². The molecule has 1 aliphatic rings. The zero-order valence-electron chi connectivity index (χ0n) is 9.18. The third-order valence-corrected chi connectivity index (χ3v) is 4.89. The van der Waals surface area contributed by atoms with Gasteiger partial charge in [-0.2, -0.15) is 0 Å². The molecule has 0 aromatic carbocycles. The van der Waals surface area contributed by atoms with E-state index in [-0.39, 0.29) is 0 Å². The Hall–Kier alpha value is -0.0500. The van der Waals surface area contributed by atoms with E-state index < -0.39 is 0 Å². The van der Waals surface area contributed by atoms with Crippen LogP contribution in [0.2, 0.25) is 5.02 Å². The van der Waals surface area contributed by atoms with Crippen LogP contribution in [0.3, 0.4) is 0 Å². The van der Waals surface area contributed by atoms with Gasteiger partial charge >= 0.3 is 0 Å². The van der Waals surface area contributed by atoms with Gasteiger partial charge in [-0.1, -0.05) is 24.4 Å². The van der Waals surface area contributed by atoms with Gasteiger partial charge in [0.15, 0.2) is 0 Å². The molecule has 0 aliphatic heterocycles. The number of halogens is 1. The van der Waals surface area contributed by atoms with Crippen molar-refractivity contribution in [3.8, 4) is 0 Å². The molecule has 1 N–H and O–H groups in total. The first kappa shape index (κ1) is 11.4. The molecule has 1 nitrogen and oxygen atoms in total. The van der Waals surface area contributed by atoms with Gasteiger partial charge in [-0.25, -0.2) is 0 Å². The highest BCUT2D eigenvalue weighted by molar-refractivity contribution is 7.12. The zero-order valence-corrected chi connectivity index (χ0v) is 10.8. The first-order valence-corrected chi connectivity index (χ1v) is 6.93. The molecule has 1 heterocycles. The predicted octanol–water partition coefficient (Wildman–Crippen LogP) is 3.82. The van der Waals surface area contributed by atoms with Gasteiger partial charge in [-0.15, -0.1) is 11.3 Å². The van der Waals surface area contributed by atoms with Crippen molar-refractivity contribution in [2.75, 3.05) is 13.6 Å². The van der Waals surface area contributed by atoms with Crippen LogP contribution in [0.25, 0.3) is 0 Å². The first-order valence-electron chi connectivity index (χ1n) is 5.74. The monoisotopic (exact) mass is 243 g/mol. The molecule has 1 saturated carbocycles. The highest BCUT2D eigenvalue weighted by atomic mass is 35.5. The summed E-state index contributed by atoms with van der Waals surface area (Å²) in [4.78, 5) is 2.87. The van der Waals surface area contributed by atoms with Crippen LogP contribution < -0.4 is 5.32 Å². The number of hydrogen-bond donors (Lipinski definition) is 1. The van der Waals surface area contributed by atoms with Crippen LogP contribution in [0.15, 0.2) is 6.07 Å². The van der Waals surface area contributed by atoms with E-state index in [9.17, 15) is 0 Å². The van der Waals surface area contributed by atoms with Crippen LogP contribution in [0.4, 0.5) is 0 Å². The van der Waals surface area contributed by atoms with Gasteiger partial charge < -0.3 is 5.32 Å². The molecule has 1 aromatic heterocycles. The Bertz CT molecular complexity index is 315. The molecule has 0 unspecified atom stereocenters. The number of nitrogens with one attached hydrogen (secondary N) is 1. The fourth-order valence-corrected chi connectivity index (χ4v) is 3.96. The normalized spacial score (nSPS) is 17.5. The average Bonchev–Trinajstić information content (AvgIpc) is 2.83. The highest BCUT2D eigenvalue weighted by Crippen LogP contribution is 2.42. The molecular weight excluding hydrogens is 226 g/mol. The summed E-state index contributed by atoms with van der Waals surface area (Å²) in [5.74, 6) is 0.755. The summed E-state index contributed by atoms with van der Waals surface area (Å²) in [6.45, 7) is 1.04. The van der Waals surface area contributed by atoms with Crippen LogP contribution in [0.5, 0.6) is 0 Å². The molecule has 15 heavy (non-hydrogen) atoms. The van der Waals surface area contributed by atoms with E-state index in [0.29, 0.717) is 0 Å². The largest absolute Gasteiger partial charge is 0.319 e. The number of rotatable bonds is 4. The maximum Gasteiger partial charge on any atom is 0.0550 e. The standard InChI is InChI=1S/C12H18ClNS/c1-14-7-6-10-8-11(13)12(15-10)9-4-2-3-5-9/h8-9,14H,2-7H2,1H3. The fourth-order valence-electron chi connectivity index (χ4n) is 2.27. The maximum atomic E-state index is 6.29. The van der Waals surface area contributed by atoms with E-state index in [4.69, 9.17) is 11.6 Å². The molecule has 0 atom stereocenters. The Balaban J connectivity index is 2.06. The summed E-state index contributed by atoms with van der Waals surface area (Å²) < 4.78 is 0. The zero-order chi connectivity index (χ0) is 10.7. The van der Waals surface area contributed by atoms with Crippen LogP contribution in [0, 0.1) is 0 Å². The van der Waals surface area contributed by atoms with Crippen LogP contribution in [0.1, 0.15) is 41.4 Å². The van der Waals surface area contributed by atoms with E-state index in [0.717, 1.165) is 23.9 Å². The second-order valence-electron chi connectivity index (χ2n) is 4.26. The summed E-state index contributed by atoms with van der Waals surface area (Å²) in [5, 5.41) is 4.19. The Morgan fingerprint density at radius 3 is 2.87 bits per heavy atom. The fraction of sp³-hybridized carbons (Fsp3) is 0.667. The Morgan fingerprint density at radius 2 is 2.20 bits per heavy atom. The Morgan fingerprint density at radius 1 is 1.47 bits per heavy atom. The lowest BCUT2D eigenvalue weighted by Crippen LogP contribution is -2.09. The van der Waals surface area contributed by atoms with Gasteiger partial charge in [0, 0.05) is 9.75 Å². The number of hydrogen-bond acceptors (Lipinski definition) is 2. The molecule has 0 radical (unpaired) electrons. The number of thiophene rings is 1. The molecule has 0 bridgehead atoms. The predicted molar refractivity (Wildman–Crippen MR) is 68.2 cm³/mol. The van der Waals surface area contributed by atoms with E-state index in [1.165, 1.54) is 35.4 Å². The molecule has 1 aromatic rings. The van der Waals surface area contributed by atoms with Gasteiger partial charge in [0.1, 0.15) is 0 Å². The topological polar surface area (TPSA) is 12.0 Å². The van der Waals surface area contributed by atoms with Gasteiger partial charge in [-0.3, -0.25) is 0 Å². The van der Waals surface area contributed by atoms with Gasteiger partial charge in [-0.05, 0) is 44.8 Å². The summed E-state index contributed by atoms with van der Waals surface area (Å²) in [6, 6.07) is 2.16. The summed E-state index contributed by atoms with van der Waals surface area (Å²) in [5.41, 5.74) is 0. The minimum Gasteiger partial charge on any atom is -0.319 e. The highest BCUT2D eigenvalue weighted by Gasteiger charge is 2.21. The van der Waals surface area contributed by atoms with Crippen molar-refractivity contribution >= 4 is 22.9 Å². The SMILES string of the molecule is CNCCc1cc(Cl)c(C2CCCC2)s1. The van der Waals surface area contributed by atoms with Crippen molar-refractivity contribution in [1.82, 2.24) is 5.32 Å². The lowest BCUT2D eigenvalue weighted by Gasteiger charge is -2.05. The maximum absolute atomic E-state index is 6.29. The third kappa shape index (κ3) is 2.74. The minimum absolute atomic E-state index is 0.755. The van der Waals surface area contributed by atoms with Crippen molar-refractivity contribution in [2.24, 2.45) is 0 Å². The summed E-state index contributed by atoms with van der Waals surface area (Å²) in [6.07, 6.45) is 6.54. The van der Waals surface area contributed by atoms with Gasteiger partial charge in [0.05, 0.1) is 5.02 Å². The van der Waals surface area contributed by atoms with Crippen LogP contribution in [-0.2, 0) is 6.42 Å².